The van der Waals surface area contributed by atoms with E-state index in [9.17, 15) is 4.79 Å². The summed E-state index contributed by atoms with van der Waals surface area (Å²) in [5, 5.41) is 3.20. The molecule has 0 amide bonds. The van der Waals surface area contributed by atoms with Gasteiger partial charge in [-0.3, -0.25) is 9.36 Å². The number of nitrogens with zero attached hydrogens (tertiary/aromatic N) is 2. The second-order valence-electron chi connectivity index (χ2n) is 3.59. The van der Waals surface area contributed by atoms with Crippen molar-refractivity contribution >= 4 is 0 Å². The third kappa shape index (κ3) is 2.08. The highest BCUT2D eigenvalue weighted by Crippen LogP contribution is 2.04. The minimum atomic E-state index is 0.0820. The highest BCUT2D eigenvalue weighted by molar-refractivity contribution is 5.19. The zero-order chi connectivity index (χ0) is 10.7. The summed E-state index contributed by atoms with van der Waals surface area (Å²) in [7, 11) is 1.63. The summed E-state index contributed by atoms with van der Waals surface area (Å²) >= 11 is 0. The fraction of sp³-hybridized carbons (Fsp3) is 0.600. The molecule has 1 aliphatic heterocycles. The van der Waals surface area contributed by atoms with Gasteiger partial charge in [0.15, 0.2) is 0 Å². The van der Waals surface area contributed by atoms with E-state index in [0.717, 1.165) is 24.2 Å². The van der Waals surface area contributed by atoms with E-state index in [2.05, 4.69) is 10.3 Å². The molecule has 15 heavy (non-hydrogen) atoms. The first-order chi connectivity index (χ1) is 7.33. The third-order valence-electron chi connectivity index (χ3n) is 2.60. The standard InChI is InChI=1S/C10H15N3O2/c1-15-5-4-13-7-12-9-6-11-3-2-8(9)10(13)14/h7,11H,2-6H2,1H3. The topological polar surface area (TPSA) is 56.2 Å². The molecule has 1 aliphatic rings. The van der Waals surface area contributed by atoms with Gasteiger partial charge in [-0.2, -0.15) is 0 Å². The van der Waals surface area contributed by atoms with Crippen molar-refractivity contribution in [2.45, 2.75) is 19.5 Å². The molecule has 0 saturated carbocycles. The maximum Gasteiger partial charge on any atom is 0.256 e. The maximum absolute atomic E-state index is 12.0. The maximum atomic E-state index is 12.0. The molecular weight excluding hydrogens is 194 g/mol. The summed E-state index contributed by atoms with van der Waals surface area (Å²) in [6, 6.07) is 0. The van der Waals surface area contributed by atoms with Crippen LogP contribution in [0, 0.1) is 0 Å². The van der Waals surface area contributed by atoms with Crippen LogP contribution >= 0.6 is 0 Å². The van der Waals surface area contributed by atoms with Gasteiger partial charge in [0.2, 0.25) is 0 Å². The summed E-state index contributed by atoms with van der Waals surface area (Å²) in [5.74, 6) is 0. The van der Waals surface area contributed by atoms with Gasteiger partial charge in [-0.05, 0) is 13.0 Å². The largest absolute Gasteiger partial charge is 0.383 e. The molecule has 0 atom stereocenters. The van der Waals surface area contributed by atoms with Crippen LogP contribution in [0.1, 0.15) is 11.3 Å². The molecule has 0 spiro atoms. The molecule has 0 aromatic carbocycles. The van der Waals surface area contributed by atoms with Gasteiger partial charge in [-0.1, -0.05) is 0 Å². The second kappa shape index (κ2) is 4.55. The molecule has 5 heteroatoms. The first-order valence-corrected chi connectivity index (χ1v) is 5.10. The van der Waals surface area contributed by atoms with E-state index in [1.54, 1.807) is 18.0 Å². The molecule has 2 rings (SSSR count). The van der Waals surface area contributed by atoms with Gasteiger partial charge >= 0.3 is 0 Å². The van der Waals surface area contributed by atoms with Crippen molar-refractivity contribution in [3.05, 3.63) is 27.9 Å². The summed E-state index contributed by atoms with van der Waals surface area (Å²) in [6.45, 7) is 2.68. The number of nitrogens with one attached hydrogen (secondary N) is 1. The van der Waals surface area contributed by atoms with Crippen molar-refractivity contribution in [2.24, 2.45) is 0 Å². The minimum Gasteiger partial charge on any atom is -0.383 e. The van der Waals surface area contributed by atoms with Gasteiger partial charge in [-0.15, -0.1) is 0 Å². The Morgan fingerprint density at radius 1 is 1.67 bits per heavy atom. The van der Waals surface area contributed by atoms with E-state index in [1.165, 1.54) is 0 Å². The highest BCUT2D eigenvalue weighted by Gasteiger charge is 2.14. The number of fused-ring (bicyclic) bond motifs is 1. The lowest BCUT2D eigenvalue weighted by molar-refractivity contribution is 0.185. The molecule has 0 aliphatic carbocycles. The number of aromatic nitrogens is 2. The minimum absolute atomic E-state index is 0.0820. The van der Waals surface area contributed by atoms with Crippen molar-refractivity contribution in [1.82, 2.24) is 14.9 Å². The molecule has 0 radical (unpaired) electrons. The number of rotatable bonds is 3. The number of ether oxygens (including phenoxy) is 1. The van der Waals surface area contributed by atoms with Crippen molar-refractivity contribution in [3.63, 3.8) is 0 Å². The Hall–Kier alpha value is -1.20. The van der Waals surface area contributed by atoms with E-state index in [1.807, 2.05) is 0 Å². The van der Waals surface area contributed by atoms with Crippen LogP contribution < -0.4 is 10.9 Å². The molecule has 0 bridgehead atoms. The zero-order valence-electron chi connectivity index (χ0n) is 8.82. The second-order valence-corrected chi connectivity index (χ2v) is 3.59. The molecule has 5 nitrogen and oxygen atoms in total. The Balaban J connectivity index is 2.30. The Bertz CT molecular complexity index is 400. The molecule has 2 heterocycles. The van der Waals surface area contributed by atoms with E-state index in [4.69, 9.17) is 4.74 Å². The molecule has 82 valence electrons. The number of methoxy groups -OCH3 is 1. The van der Waals surface area contributed by atoms with Gasteiger partial charge in [0.25, 0.3) is 5.56 Å². The molecule has 1 aromatic heterocycles. The molecule has 0 fully saturated rings. The molecule has 0 unspecified atom stereocenters. The molecule has 1 aromatic rings. The van der Waals surface area contributed by atoms with Crippen LogP contribution in [0.15, 0.2) is 11.1 Å². The van der Waals surface area contributed by atoms with Crippen LogP contribution in [0.3, 0.4) is 0 Å². The lowest BCUT2D eigenvalue weighted by Crippen LogP contribution is -2.34. The van der Waals surface area contributed by atoms with Gasteiger partial charge in [0.1, 0.15) is 0 Å². The van der Waals surface area contributed by atoms with E-state index < -0.39 is 0 Å². The summed E-state index contributed by atoms with van der Waals surface area (Å²) in [4.78, 5) is 16.2. The summed E-state index contributed by atoms with van der Waals surface area (Å²) in [6.07, 6.45) is 2.38. The predicted molar refractivity (Wildman–Crippen MR) is 55.8 cm³/mol. The van der Waals surface area contributed by atoms with Crippen LogP contribution in [0.2, 0.25) is 0 Å². The average Bonchev–Trinajstić information content (AvgIpc) is 2.29. The summed E-state index contributed by atoms with van der Waals surface area (Å²) < 4.78 is 6.56. The van der Waals surface area contributed by atoms with Crippen LogP contribution in [0.4, 0.5) is 0 Å². The molecule has 0 saturated heterocycles. The molecular formula is C10H15N3O2. The lowest BCUT2D eigenvalue weighted by Gasteiger charge is -2.16. The Labute approximate surface area is 88.1 Å². The first-order valence-electron chi connectivity index (χ1n) is 5.10. The monoisotopic (exact) mass is 209 g/mol. The van der Waals surface area contributed by atoms with E-state index in [-0.39, 0.29) is 5.56 Å². The number of hydrogen-bond acceptors (Lipinski definition) is 4. The fourth-order valence-electron chi connectivity index (χ4n) is 1.74. The van der Waals surface area contributed by atoms with E-state index >= 15 is 0 Å². The highest BCUT2D eigenvalue weighted by atomic mass is 16.5. The Morgan fingerprint density at radius 2 is 2.53 bits per heavy atom. The van der Waals surface area contributed by atoms with Gasteiger partial charge < -0.3 is 10.1 Å². The van der Waals surface area contributed by atoms with Crippen LogP contribution in [0.25, 0.3) is 0 Å². The quantitative estimate of drug-likeness (QED) is 0.731. The van der Waals surface area contributed by atoms with E-state index in [0.29, 0.717) is 19.7 Å². The van der Waals surface area contributed by atoms with Crippen molar-refractivity contribution in [1.29, 1.82) is 0 Å². The molecule has 1 N–H and O–H groups in total. The predicted octanol–water partition coefficient (Wildman–Crippen LogP) is -0.465. The summed E-state index contributed by atoms with van der Waals surface area (Å²) in [5.41, 5.74) is 1.82. The van der Waals surface area contributed by atoms with Crippen molar-refractivity contribution < 1.29 is 4.74 Å². The van der Waals surface area contributed by atoms with Gasteiger partial charge in [0, 0.05) is 19.2 Å². The average molecular weight is 209 g/mol. The normalized spacial score (nSPS) is 15.0. The number of hydrogen-bond donors (Lipinski definition) is 1. The van der Waals surface area contributed by atoms with Crippen LogP contribution in [0.5, 0.6) is 0 Å². The van der Waals surface area contributed by atoms with Crippen LogP contribution in [-0.4, -0.2) is 29.8 Å². The van der Waals surface area contributed by atoms with Crippen LogP contribution in [-0.2, 0) is 24.2 Å². The lowest BCUT2D eigenvalue weighted by atomic mass is 10.1. The SMILES string of the molecule is COCCn1cnc2c(c1=O)CCNC2. The fourth-order valence-corrected chi connectivity index (χ4v) is 1.74. The van der Waals surface area contributed by atoms with Gasteiger partial charge in [0.05, 0.1) is 25.2 Å². The Kier molecular flexibility index (Phi) is 3.13. The third-order valence-corrected chi connectivity index (χ3v) is 2.60. The van der Waals surface area contributed by atoms with Gasteiger partial charge in [-0.25, -0.2) is 4.98 Å². The smallest absolute Gasteiger partial charge is 0.256 e. The first kappa shape index (κ1) is 10.3. The zero-order valence-corrected chi connectivity index (χ0v) is 8.82. The van der Waals surface area contributed by atoms with Crippen molar-refractivity contribution in [3.8, 4) is 0 Å². The van der Waals surface area contributed by atoms with Crippen molar-refractivity contribution in [2.75, 3.05) is 20.3 Å². The Morgan fingerprint density at radius 3 is 3.33 bits per heavy atom.